The smallest absolute Gasteiger partial charge is 0.224 e. The van der Waals surface area contributed by atoms with Gasteiger partial charge >= 0.3 is 0 Å². The lowest BCUT2D eigenvalue weighted by Crippen LogP contribution is -2.49. The van der Waals surface area contributed by atoms with Crippen molar-refractivity contribution < 1.29 is 9.90 Å². The zero-order chi connectivity index (χ0) is 16.9. The Hall–Kier alpha value is -2.33. The topological polar surface area (TPSA) is 52.6 Å². The summed E-state index contributed by atoms with van der Waals surface area (Å²) in [6, 6.07) is 19.4. The number of hydrogen-bond donors (Lipinski definition) is 2. The summed E-state index contributed by atoms with van der Waals surface area (Å²) in [6.45, 7) is 2.58. The fourth-order valence-corrected chi connectivity index (χ4v) is 3.27. The van der Waals surface area contributed by atoms with E-state index in [0.29, 0.717) is 13.0 Å². The van der Waals surface area contributed by atoms with E-state index in [0.717, 1.165) is 17.7 Å². The van der Waals surface area contributed by atoms with Crippen molar-refractivity contribution in [3.05, 3.63) is 66.2 Å². The molecule has 4 heteroatoms. The van der Waals surface area contributed by atoms with Gasteiger partial charge in [-0.3, -0.25) is 4.79 Å². The lowest BCUT2D eigenvalue weighted by molar-refractivity contribution is -0.138. The Kier molecular flexibility index (Phi) is 5.16. The van der Waals surface area contributed by atoms with Crippen LogP contribution < -0.4 is 5.32 Å². The molecule has 1 amide bonds. The molecule has 1 fully saturated rings. The lowest BCUT2D eigenvalue weighted by atomic mass is 9.97. The Morgan fingerprint density at radius 1 is 1.08 bits per heavy atom. The van der Waals surface area contributed by atoms with E-state index >= 15 is 0 Å². The molecule has 0 bridgehead atoms. The molecule has 24 heavy (non-hydrogen) atoms. The summed E-state index contributed by atoms with van der Waals surface area (Å²) in [6.07, 6.45) is 0.682. The number of benzene rings is 2. The summed E-state index contributed by atoms with van der Waals surface area (Å²) < 4.78 is 0. The van der Waals surface area contributed by atoms with Crippen molar-refractivity contribution in [2.75, 3.05) is 11.9 Å². The van der Waals surface area contributed by atoms with Crippen molar-refractivity contribution in [1.82, 2.24) is 4.90 Å². The molecule has 3 rings (SSSR count). The first-order valence-corrected chi connectivity index (χ1v) is 8.49. The molecule has 0 aromatic heterocycles. The minimum Gasteiger partial charge on any atom is -0.386 e. The van der Waals surface area contributed by atoms with Gasteiger partial charge in [0.15, 0.2) is 0 Å². The lowest BCUT2D eigenvalue weighted by Gasteiger charge is -2.38. The maximum Gasteiger partial charge on any atom is 0.224 e. The third-order valence-corrected chi connectivity index (χ3v) is 4.69. The first-order chi connectivity index (χ1) is 11.6. The Labute approximate surface area is 143 Å². The Morgan fingerprint density at radius 3 is 2.33 bits per heavy atom. The number of nitrogens with one attached hydrogen (secondary N) is 1. The van der Waals surface area contributed by atoms with E-state index in [1.807, 2.05) is 67.6 Å². The molecule has 0 spiro atoms. The number of carbonyl (C=O) groups excluding carboxylic acids is 1. The highest BCUT2D eigenvalue weighted by Crippen LogP contribution is 2.25. The van der Waals surface area contributed by atoms with Crippen molar-refractivity contribution >= 4 is 11.6 Å². The summed E-state index contributed by atoms with van der Waals surface area (Å²) in [5.74, 6) is 0.0946. The molecule has 0 saturated carbocycles. The van der Waals surface area contributed by atoms with E-state index in [4.69, 9.17) is 0 Å². The van der Waals surface area contributed by atoms with Gasteiger partial charge in [-0.25, -0.2) is 0 Å². The highest BCUT2D eigenvalue weighted by molar-refractivity contribution is 5.78. The molecule has 1 aliphatic heterocycles. The van der Waals surface area contributed by atoms with Gasteiger partial charge in [0.25, 0.3) is 0 Å². The van der Waals surface area contributed by atoms with Gasteiger partial charge in [-0.1, -0.05) is 48.5 Å². The highest BCUT2D eigenvalue weighted by atomic mass is 16.3. The molecular formula is C20H24N2O2. The van der Waals surface area contributed by atoms with Crippen LogP contribution in [0, 0.1) is 0 Å². The average molecular weight is 324 g/mol. The van der Waals surface area contributed by atoms with Crippen LogP contribution in [0.4, 0.5) is 5.69 Å². The number of nitrogens with zero attached hydrogens (tertiary/aromatic N) is 1. The van der Waals surface area contributed by atoms with E-state index < -0.39 is 6.10 Å². The molecule has 0 aliphatic carbocycles. The van der Waals surface area contributed by atoms with Gasteiger partial charge in [0, 0.05) is 24.7 Å². The first kappa shape index (κ1) is 16.5. The second kappa shape index (κ2) is 7.49. The number of hydrogen-bond acceptors (Lipinski definition) is 3. The van der Waals surface area contributed by atoms with Gasteiger partial charge < -0.3 is 15.3 Å². The minimum absolute atomic E-state index is 0.0946. The molecule has 1 saturated heterocycles. The predicted molar refractivity (Wildman–Crippen MR) is 95.7 cm³/mol. The normalized spacial score (nSPS) is 20.5. The molecule has 4 nitrogen and oxygen atoms in total. The summed E-state index contributed by atoms with van der Waals surface area (Å²) in [5.41, 5.74) is 1.89. The number of rotatable bonds is 5. The Bertz CT molecular complexity index is 660. The van der Waals surface area contributed by atoms with Crippen LogP contribution in [0.2, 0.25) is 0 Å². The molecule has 2 N–H and O–H groups in total. The van der Waals surface area contributed by atoms with Crippen molar-refractivity contribution in [3.63, 3.8) is 0 Å². The molecule has 3 unspecified atom stereocenters. The van der Waals surface area contributed by atoms with Gasteiger partial charge in [-0.2, -0.15) is 0 Å². The van der Waals surface area contributed by atoms with E-state index in [-0.39, 0.29) is 18.0 Å². The van der Waals surface area contributed by atoms with Crippen LogP contribution in [0.1, 0.15) is 31.4 Å². The van der Waals surface area contributed by atoms with Gasteiger partial charge in [0.1, 0.15) is 0 Å². The maximum absolute atomic E-state index is 12.5. The second-order valence-corrected chi connectivity index (χ2v) is 6.38. The number of para-hydroxylation sites is 1. The van der Waals surface area contributed by atoms with Crippen LogP contribution in [0.25, 0.3) is 0 Å². The third kappa shape index (κ3) is 3.77. The fourth-order valence-electron chi connectivity index (χ4n) is 3.27. The summed E-state index contributed by atoms with van der Waals surface area (Å²) in [5, 5.41) is 14.0. The van der Waals surface area contributed by atoms with Crippen LogP contribution >= 0.6 is 0 Å². The summed E-state index contributed by atoms with van der Waals surface area (Å²) in [7, 11) is 0. The van der Waals surface area contributed by atoms with Crippen molar-refractivity contribution in [2.45, 2.75) is 38.0 Å². The quantitative estimate of drug-likeness (QED) is 0.888. The number of carbonyl (C=O) groups is 1. The van der Waals surface area contributed by atoms with Gasteiger partial charge in [0.05, 0.1) is 12.1 Å². The van der Waals surface area contributed by atoms with Crippen LogP contribution in [0.15, 0.2) is 60.7 Å². The minimum atomic E-state index is -0.659. The highest BCUT2D eigenvalue weighted by Gasteiger charge is 2.32. The maximum atomic E-state index is 12.5. The van der Waals surface area contributed by atoms with Gasteiger partial charge in [-0.05, 0) is 31.0 Å². The van der Waals surface area contributed by atoms with Crippen LogP contribution in [-0.4, -0.2) is 34.5 Å². The third-order valence-electron chi connectivity index (χ3n) is 4.69. The fraction of sp³-hybridized carbons (Fsp3) is 0.350. The predicted octanol–water partition coefficient (Wildman–Crippen LogP) is 3.21. The van der Waals surface area contributed by atoms with Crippen LogP contribution in [0.5, 0.6) is 0 Å². The second-order valence-electron chi connectivity index (χ2n) is 6.38. The number of aliphatic hydroxyl groups is 1. The average Bonchev–Trinajstić information content (AvgIpc) is 2.62. The molecule has 1 heterocycles. The standard InChI is InChI=1S/C20H24N2O2/c1-15(20(24)16-8-4-2-5-9-16)22-13-12-18(14-19(22)23)21-17-10-6-3-7-11-17/h2-11,15,18,20-21,24H,12-14H2,1H3. The van der Waals surface area contributed by atoms with Gasteiger partial charge in [-0.15, -0.1) is 0 Å². The van der Waals surface area contributed by atoms with Crippen molar-refractivity contribution in [3.8, 4) is 0 Å². The number of anilines is 1. The van der Waals surface area contributed by atoms with Crippen molar-refractivity contribution in [2.24, 2.45) is 0 Å². The molecule has 2 aromatic rings. The summed E-state index contributed by atoms with van der Waals surface area (Å²) >= 11 is 0. The summed E-state index contributed by atoms with van der Waals surface area (Å²) in [4.78, 5) is 14.4. The Balaban J connectivity index is 1.60. The largest absolute Gasteiger partial charge is 0.386 e. The van der Waals surface area contributed by atoms with Crippen molar-refractivity contribution in [1.29, 1.82) is 0 Å². The number of likely N-dealkylation sites (tertiary alicyclic amines) is 1. The monoisotopic (exact) mass is 324 g/mol. The molecule has 0 radical (unpaired) electrons. The molecule has 2 aromatic carbocycles. The van der Waals surface area contributed by atoms with E-state index in [2.05, 4.69) is 5.32 Å². The molecule has 3 atom stereocenters. The first-order valence-electron chi connectivity index (χ1n) is 8.49. The molecular weight excluding hydrogens is 300 g/mol. The zero-order valence-electron chi connectivity index (χ0n) is 13.9. The van der Waals surface area contributed by atoms with E-state index in [1.165, 1.54) is 0 Å². The zero-order valence-corrected chi connectivity index (χ0v) is 13.9. The van der Waals surface area contributed by atoms with E-state index in [1.54, 1.807) is 4.90 Å². The number of piperidine rings is 1. The Morgan fingerprint density at radius 2 is 1.71 bits per heavy atom. The molecule has 126 valence electrons. The van der Waals surface area contributed by atoms with Crippen LogP contribution in [-0.2, 0) is 4.79 Å². The number of amides is 1. The van der Waals surface area contributed by atoms with E-state index in [9.17, 15) is 9.90 Å². The van der Waals surface area contributed by atoms with Gasteiger partial charge in [0.2, 0.25) is 5.91 Å². The molecule has 1 aliphatic rings. The number of aliphatic hydroxyl groups excluding tert-OH is 1. The van der Waals surface area contributed by atoms with Crippen LogP contribution in [0.3, 0.4) is 0 Å². The SMILES string of the molecule is CC(C(O)c1ccccc1)N1CCC(Nc2ccccc2)CC1=O.